The average molecular weight is 189 g/mol. The molecule has 0 radical (unpaired) electrons. The Morgan fingerprint density at radius 3 is 3.43 bits per heavy atom. The van der Waals surface area contributed by atoms with Gasteiger partial charge in [-0.3, -0.25) is 4.99 Å². The second-order valence-electron chi connectivity index (χ2n) is 4.33. The summed E-state index contributed by atoms with van der Waals surface area (Å²) in [5, 5.41) is 3.50. The fraction of sp³-hybridized carbons (Fsp3) is 0.636. The molecule has 14 heavy (non-hydrogen) atoms. The summed E-state index contributed by atoms with van der Waals surface area (Å²) in [6.45, 7) is 1.14. The quantitative estimate of drug-likeness (QED) is 0.614. The van der Waals surface area contributed by atoms with Gasteiger partial charge in [-0.15, -0.1) is 0 Å². The molecule has 0 aromatic rings. The molecule has 3 rings (SSSR count). The molecule has 1 fully saturated rings. The van der Waals surface area contributed by atoms with Crippen molar-refractivity contribution in [3.63, 3.8) is 0 Å². The van der Waals surface area contributed by atoms with Gasteiger partial charge >= 0.3 is 0 Å². The van der Waals surface area contributed by atoms with E-state index in [1.54, 1.807) is 6.34 Å². The highest BCUT2D eigenvalue weighted by Crippen LogP contribution is 2.34. The van der Waals surface area contributed by atoms with E-state index in [1.165, 1.54) is 25.0 Å². The minimum Gasteiger partial charge on any atom is -0.388 e. The van der Waals surface area contributed by atoms with Crippen LogP contribution in [0, 0.1) is 11.8 Å². The van der Waals surface area contributed by atoms with Gasteiger partial charge in [-0.05, 0) is 19.3 Å². The Kier molecular flexibility index (Phi) is 1.89. The van der Waals surface area contributed by atoms with E-state index in [9.17, 15) is 0 Å². The maximum Gasteiger partial charge on any atom is 0.109 e. The first kappa shape index (κ1) is 8.21. The number of hydrogen-bond acceptors (Lipinski definition) is 3. The van der Waals surface area contributed by atoms with Crippen molar-refractivity contribution in [3.05, 3.63) is 11.8 Å². The van der Waals surface area contributed by atoms with Gasteiger partial charge in [0, 0.05) is 30.3 Å². The molecule has 0 aromatic heterocycles. The first-order valence-corrected chi connectivity index (χ1v) is 5.44. The average Bonchev–Trinajstić information content (AvgIpc) is 2.26. The summed E-state index contributed by atoms with van der Waals surface area (Å²) in [5.41, 5.74) is 1.45. The van der Waals surface area contributed by atoms with Crippen molar-refractivity contribution in [2.45, 2.75) is 25.3 Å². The van der Waals surface area contributed by atoms with Gasteiger partial charge in [-0.2, -0.15) is 0 Å². The molecular weight excluding hydrogens is 174 g/mol. The van der Waals surface area contributed by atoms with E-state index in [0.29, 0.717) is 12.0 Å². The minimum absolute atomic E-state index is 0.442. The Morgan fingerprint density at radius 2 is 2.43 bits per heavy atom. The monoisotopic (exact) mass is 189 g/mol. The molecule has 3 heteroatoms. The van der Waals surface area contributed by atoms with E-state index >= 15 is 0 Å². The molecule has 0 amide bonds. The lowest BCUT2D eigenvalue weighted by Gasteiger charge is -2.36. The van der Waals surface area contributed by atoms with Crippen molar-refractivity contribution in [3.8, 4) is 0 Å². The first-order chi connectivity index (χ1) is 6.93. The van der Waals surface area contributed by atoms with Crippen molar-refractivity contribution >= 4 is 12.6 Å². The number of nitrogens with one attached hydrogen (secondary N) is 1. The maximum absolute atomic E-state index is 4.45. The summed E-state index contributed by atoms with van der Waals surface area (Å²) < 4.78 is 0. The second-order valence-corrected chi connectivity index (χ2v) is 4.33. The van der Waals surface area contributed by atoms with Crippen molar-refractivity contribution < 1.29 is 0 Å². The SMILES string of the molecule is C1=NC=NC2CC3CCCNC3=CC12. The third-order valence-corrected chi connectivity index (χ3v) is 3.42. The lowest BCUT2D eigenvalue weighted by molar-refractivity contribution is 0.351. The Bertz CT molecular complexity index is 316. The van der Waals surface area contributed by atoms with Gasteiger partial charge in [0.1, 0.15) is 6.34 Å². The lowest BCUT2D eigenvalue weighted by Crippen LogP contribution is -2.37. The lowest BCUT2D eigenvalue weighted by atomic mass is 9.78. The van der Waals surface area contributed by atoms with Gasteiger partial charge < -0.3 is 5.32 Å². The Morgan fingerprint density at radius 1 is 1.43 bits per heavy atom. The normalized spacial score (nSPS) is 39.4. The topological polar surface area (TPSA) is 36.8 Å². The van der Waals surface area contributed by atoms with Crippen LogP contribution in [0.1, 0.15) is 19.3 Å². The number of allylic oxidation sites excluding steroid dienone is 1. The molecule has 3 atom stereocenters. The smallest absolute Gasteiger partial charge is 0.109 e. The molecule has 3 unspecified atom stereocenters. The van der Waals surface area contributed by atoms with E-state index in [1.807, 2.05) is 6.21 Å². The molecular formula is C11H15N3. The number of piperidine rings is 1. The van der Waals surface area contributed by atoms with Gasteiger partial charge in [0.25, 0.3) is 0 Å². The molecule has 2 heterocycles. The van der Waals surface area contributed by atoms with Gasteiger partial charge in [-0.25, -0.2) is 4.99 Å². The second kappa shape index (κ2) is 3.23. The molecule has 2 aliphatic heterocycles. The minimum atomic E-state index is 0.442. The van der Waals surface area contributed by atoms with Gasteiger partial charge in [0.2, 0.25) is 0 Å². The molecule has 3 aliphatic rings. The zero-order chi connectivity index (χ0) is 9.38. The van der Waals surface area contributed by atoms with E-state index in [4.69, 9.17) is 0 Å². The Labute approximate surface area is 84.0 Å². The van der Waals surface area contributed by atoms with E-state index in [0.717, 1.165) is 12.5 Å². The van der Waals surface area contributed by atoms with Crippen LogP contribution in [-0.4, -0.2) is 25.1 Å². The summed E-state index contributed by atoms with van der Waals surface area (Å²) in [5.74, 6) is 1.17. The van der Waals surface area contributed by atoms with Crippen LogP contribution in [0.15, 0.2) is 21.8 Å². The van der Waals surface area contributed by atoms with Crippen LogP contribution in [0.4, 0.5) is 0 Å². The van der Waals surface area contributed by atoms with E-state index in [2.05, 4.69) is 21.4 Å². The third kappa shape index (κ3) is 1.27. The zero-order valence-corrected chi connectivity index (χ0v) is 8.19. The molecule has 3 nitrogen and oxygen atoms in total. The van der Waals surface area contributed by atoms with Crippen molar-refractivity contribution in [2.75, 3.05) is 6.54 Å². The summed E-state index contributed by atoms with van der Waals surface area (Å²) in [4.78, 5) is 8.56. The van der Waals surface area contributed by atoms with Gasteiger partial charge in [-0.1, -0.05) is 6.08 Å². The fourth-order valence-electron chi connectivity index (χ4n) is 2.65. The Balaban J connectivity index is 1.88. The Hall–Kier alpha value is -1.12. The molecule has 1 N–H and O–H groups in total. The zero-order valence-electron chi connectivity index (χ0n) is 8.19. The number of aliphatic imine (C=N–C) groups is 2. The van der Waals surface area contributed by atoms with Crippen molar-refractivity contribution in [1.29, 1.82) is 0 Å². The first-order valence-electron chi connectivity index (χ1n) is 5.44. The molecule has 74 valence electrons. The highest BCUT2D eigenvalue weighted by Gasteiger charge is 2.31. The van der Waals surface area contributed by atoms with Crippen LogP contribution < -0.4 is 5.32 Å². The summed E-state index contributed by atoms with van der Waals surface area (Å²) in [6, 6.07) is 0.459. The molecule has 1 saturated heterocycles. The van der Waals surface area contributed by atoms with E-state index in [-0.39, 0.29) is 0 Å². The molecule has 0 saturated carbocycles. The maximum atomic E-state index is 4.45. The van der Waals surface area contributed by atoms with Gasteiger partial charge in [0.15, 0.2) is 0 Å². The van der Waals surface area contributed by atoms with Crippen molar-refractivity contribution in [1.82, 2.24) is 5.32 Å². The third-order valence-electron chi connectivity index (χ3n) is 3.42. The molecule has 1 aliphatic carbocycles. The highest BCUT2D eigenvalue weighted by atomic mass is 15.0. The van der Waals surface area contributed by atoms with Crippen LogP contribution in [0.2, 0.25) is 0 Å². The predicted molar refractivity (Wildman–Crippen MR) is 57.7 cm³/mol. The molecule has 0 aromatic carbocycles. The standard InChI is InChI=1S/C11H15N3/c1-2-8-4-11-9(6-12-7-14-11)5-10(8)13-3-1/h5-9,11,13H,1-4H2. The van der Waals surface area contributed by atoms with Crippen LogP contribution in [0.5, 0.6) is 0 Å². The number of rotatable bonds is 0. The van der Waals surface area contributed by atoms with Crippen LogP contribution in [0.25, 0.3) is 0 Å². The number of hydrogen-bond donors (Lipinski definition) is 1. The summed E-state index contributed by atoms with van der Waals surface area (Å²) in [6.07, 6.45) is 9.89. The summed E-state index contributed by atoms with van der Waals surface area (Å²) in [7, 11) is 0. The summed E-state index contributed by atoms with van der Waals surface area (Å²) >= 11 is 0. The van der Waals surface area contributed by atoms with Crippen LogP contribution in [-0.2, 0) is 0 Å². The molecule has 0 spiro atoms. The largest absolute Gasteiger partial charge is 0.388 e. The van der Waals surface area contributed by atoms with Crippen molar-refractivity contribution in [2.24, 2.45) is 21.8 Å². The predicted octanol–water partition coefficient (Wildman–Crippen LogP) is 1.37. The number of fused-ring (bicyclic) bond motifs is 2. The van der Waals surface area contributed by atoms with E-state index < -0.39 is 0 Å². The molecule has 0 bridgehead atoms. The fourth-order valence-corrected chi connectivity index (χ4v) is 2.65. The highest BCUT2D eigenvalue weighted by molar-refractivity contribution is 5.78. The van der Waals surface area contributed by atoms with Gasteiger partial charge in [0.05, 0.1) is 6.04 Å². The number of nitrogens with zero attached hydrogens (tertiary/aromatic N) is 2. The van der Waals surface area contributed by atoms with Crippen LogP contribution >= 0.6 is 0 Å². The van der Waals surface area contributed by atoms with Crippen LogP contribution in [0.3, 0.4) is 0 Å².